The third-order valence-electron chi connectivity index (χ3n) is 2.33. The Bertz CT molecular complexity index is 425. The van der Waals surface area contributed by atoms with Crippen molar-refractivity contribution in [3.63, 3.8) is 0 Å². The van der Waals surface area contributed by atoms with E-state index in [1.165, 1.54) is 17.9 Å². The third kappa shape index (κ3) is 3.27. The average molecular weight is 241 g/mol. The van der Waals surface area contributed by atoms with Crippen molar-refractivity contribution in [2.45, 2.75) is 32.7 Å². The van der Waals surface area contributed by atoms with Crippen molar-refractivity contribution in [3.05, 3.63) is 21.9 Å². The van der Waals surface area contributed by atoms with Gasteiger partial charge in [-0.1, -0.05) is 13.8 Å². The van der Waals surface area contributed by atoms with E-state index in [1.807, 2.05) is 13.8 Å². The molecule has 7 nitrogen and oxygen atoms in total. The number of rotatable bonds is 5. The van der Waals surface area contributed by atoms with Crippen LogP contribution in [0, 0.1) is 10.1 Å². The SMILES string of the molecule is COC(=O)CCn1nc([N+](=O)[O-])cc1C(C)C. The Hall–Kier alpha value is -1.92. The fraction of sp³-hybridized carbons (Fsp3) is 0.600. The van der Waals surface area contributed by atoms with Crippen LogP contribution in [-0.2, 0) is 16.1 Å². The van der Waals surface area contributed by atoms with Gasteiger partial charge in [0.2, 0.25) is 0 Å². The zero-order valence-electron chi connectivity index (χ0n) is 10.0. The first-order valence-corrected chi connectivity index (χ1v) is 5.24. The van der Waals surface area contributed by atoms with E-state index in [4.69, 9.17) is 0 Å². The Balaban J connectivity index is 2.88. The zero-order chi connectivity index (χ0) is 13.0. The van der Waals surface area contributed by atoms with Gasteiger partial charge in [-0.2, -0.15) is 4.68 Å². The van der Waals surface area contributed by atoms with Crippen molar-refractivity contribution < 1.29 is 14.5 Å². The maximum atomic E-state index is 11.0. The molecule has 0 aliphatic rings. The lowest BCUT2D eigenvalue weighted by Crippen LogP contribution is -2.11. The normalized spacial score (nSPS) is 10.6. The summed E-state index contributed by atoms with van der Waals surface area (Å²) in [5.74, 6) is -0.453. The lowest BCUT2D eigenvalue weighted by Gasteiger charge is -2.04. The van der Waals surface area contributed by atoms with Gasteiger partial charge in [0, 0.05) is 0 Å². The van der Waals surface area contributed by atoms with Crippen molar-refractivity contribution in [2.75, 3.05) is 7.11 Å². The summed E-state index contributed by atoms with van der Waals surface area (Å²) >= 11 is 0. The van der Waals surface area contributed by atoms with Crippen LogP contribution in [0.4, 0.5) is 5.82 Å². The number of ether oxygens (including phenoxy) is 1. The molecule has 7 heteroatoms. The van der Waals surface area contributed by atoms with Crippen LogP contribution in [0.5, 0.6) is 0 Å². The first kappa shape index (κ1) is 13.1. The summed E-state index contributed by atoms with van der Waals surface area (Å²) in [6.45, 7) is 4.11. The Kier molecular flexibility index (Phi) is 4.19. The van der Waals surface area contributed by atoms with Crippen molar-refractivity contribution in [1.29, 1.82) is 0 Å². The summed E-state index contributed by atoms with van der Waals surface area (Å²) in [7, 11) is 1.30. The molecule has 0 saturated heterocycles. The van der Waals surface area contributed by atoms with Gasteiger partial charge < -0.3 is 14.9 Å². The van der Waals surface area contributed by atoms with Gasteiger partial charge in [0.05, 0.1) is 36.9 Å². The van der Waals surface area contributed by atoms with Gasteiger partial charge in [-0.15, -0.1) is 0 Å². The van der Waals surface area contributed by atoms with Gasteiger partial charge in [0.15, 0.2) is 0 Å². The van der Waals surface area contributed by atoms with Crippen LogP contribution in [0.1, 0.15) is 31.9 Å². The molecule has 94 valence electrons. The van der Waals surface area contributed by atoms with Crippen molar-refractivity contribution >= 4 is 11.8 Å². The van der Waals surface area contributed by atoms with E-state index in [-0.39, 0.29) is 30.7 Å². The molecule has 0 atom stereocenters. The van der Waals surface area contributed by atoms with Gasteiger partial charge in [0.1, 0.15) is 0 Å². The van der Waals surface area contributed by atoms with Gasteiger partial charge in [0.25, 0.3) is 0 Å². The summed E-state index contributed by atoms with van der Waals surface area (Å²) < 4.78 is 6.00. The minimum absolute atomic E-state index is 0.105. The number of esters is 1. The number of methoxy groups -OCH3 is 1. The van der Waals surface area contributed by atoms with E-state index in [2.05, 4.69) is 9.84 Å². The summed E-state index contributed by atoms with van der Waals surface area (Å²) in [6.07, 6.45) is 0.148. The fourth-order valence-electron chi connectivity index (χ4n) is 1.45. The Morgan fingerprint density at radius 1 is 1.65 bits per heavy atom. The summed E-state index contributed by atoms with van der Waals surface area (Å²) in [5, 5.41) is 14.5. The van der Waals surface area contributed by atoms with E-state index in [0.29, 0.717) is 0 Å². The average Bonchev–Trinajstić information content (AvgIpc) is 2.70. The molecular weight excluding hydrogens is 226 g/mol. The van der Waals surface area contributed by atoms with Crippen LogP contribution in [0.3, 0.4) is 0 Å². The molecule has 0 radical (unpaired) electrons. The van der Waals surface area contributed by atoms with Crippen LogP contribution < -0.4 is 0 Å². The third-order valence-corrected chi connectivity index (χ3v) is 2.33. The van der Waals surface area contributed by atoms with Crippen molar-refractivity contribution in [3.8, 4) is 0 Å². The summed E-state index contributed by atoms with van der Waals surface area (Å²) in [6, 6.07) is 1.43. The molecule has 1 aromatic rings. The van der Waals surface area contributed by atoms with Gasteiger partial charge in [-0.3, -0.25) is 4.79 Å². The number of nitrogens with zero attached hydrogens (tertiary/aromatic N) is 3. The van der Waals surface area contributed by atoms with Crippen LogP contribution in [0.15, 0.2) is 6.07 Å². The molecule has 0 N–H and O–H groups in total. The van der Waals surface area contributed by atoms with E-state index < -0.39 is 4.92 Å². The zero-order valence-corrected chi connectivity index (χ0v) is 10.0. The molecule has 0 spiro atoms. The van der Waals surface area contributed by atoms with E-state index in [1.54, 1.807) is 0 Å². The molecule has 0 fully saturated rings. The number of aryl methyl sites for hydroxylation is 1. The van der Waals surface area contributed by atoms with Crippen LogP contribution in [0.2, 0.25) is 0 Å². The molecule has 1 rings (SSSR count). The monoisotopic (exact) mass is 241 g/mol. The predicted octanol–water partition coefficient (Wildman–Crippen LogP) is 1.48. The molecule has 0 aromatic carbocycles. The van der Waals surface area contributed by atoms with Crippen LogP contribution >= 0.6 is 0 Å². The predicted molar refractivity (Wildman–Crippen MR) is 59.6 cm³/mol. The van der Waals surface area contributed by atoms with E-state index in [0.717, 1.165) is 5.69 Å². The minimum Gasteiger partial charge on any atom is -0.469 e. The molecule has 0 unspecified atom stereocenters. The highest BCUT2D eigenvalue weighted by molar-refractivity contribution is 5.68. The second-order valence-electron chi connectivity index (χ2n) is 3.89. The first-order chi connectivity index (χ1) is 7.95. The lowest BCUT2D eigenvalue weighted by atomic mass is 10.1. The lowest BCUT2D eigenvalue weighted by molar-refractivity contribution is -0.389. The topological polar surface area (TPSA) is 87.3 Å². The second kappa shape index (κ2) is 5.42. The number of hydrogen-bond donors (Lipinski definition) is 0. The molecule has 17 heavy (non-hydrogen) atoms. The number of aromatic nitrogens is 2. The maximum Gasteiger partial charge on any atom is 0.390 e. The number of nitro groups is 1. The molecular formula is C10H15N3O4. The molecule has 0 aliphatic carbocycles. The number of carbonyl (C=O) groups is 1. The van der Waals surface area contributed by atoms with Crippen molar-refractivity contribution in [2.24, 2.45) is 0 Å². The van der Waals surface area contributed by atoms with E-state index in [9.17, 15) is 14.9 Å². The summed E-state index contributed by atoms with van der Waals surface area (Å²) in [5.41, 5.74) is 0.737. The molecule has 0 amide bonds. The highest BCUT2D eigenvalue weighted by atomic mass is 16.6. The Labute approximate surface area is 98.5 Å². The Morgan fingerprint density at radius 3 is 2.76 bits per heavy atom. The molecule has 0 aliphatic heterocycles. The van der Waals surface area contributed by atoms with Crippen LogP contribution in [0.25, 0.3) is 0 Å². The van der Waals surface area contributed by atoms with Gasteiger partial charge >= 0.3 is 11.8 Å². The second-order valence-corrected chi connectivity index (χ2v) is 3.89. The van der Waals surface area contributed by atoms with Crippen LogP contribution in [-0.4, -0.2) is 27.8 Å². The quantitative estimate of drug-likeness (QED) is 0.442. The van der Waals surface area contributed by atoms with Gasteiger partial charge in [-0.25, -0.2) is 0 Å². The highest BCUT2D eigenvalue weighted by Gasteiger charge is 2.20. The molecule has 1 aromatic heterocycles. The molecule has 0 saturated carbocycles. The number of hydrogen-bond acceptors (Lipinski definition) is 5. The Morgan fingerprint density at radius 2 is 2.29 bits per heavy atom. The standard InChI is InChI=1S/C10H15N3O4/c1-7(2)8-6-9(13(15)16)11-12(8)5-4-10(14)17-3/h6-7H,4-5H2,1-3H3. The molecule has 0 bridgehead atoms. The number of carbonyl (C=O) groups excluding carboxylic acids is 1. The highest BCUT2D eigenvalue weighted by Crippen LogP contribution is 2.20. The van der Waals surface area contributed by atoms with Crippen molar-refractivity contribution in [1.82, 2.24) is 9.78 Å². The first-order valence-electron chi connectivity index (χ1n) is 5.24. The smallest absolute Gasteiger partial charge is 0.390 e. The largest absolute Gasteiger partial charge is 0.469 e. The molecule has 1 heterocycles. The minimum atomic E-state index is -0.541. The van der Waals surface area contributed by atoms with E-state index >= 15 is 0 Å². The summed E-state index contributed by atoms with van der Waals surface area (Å²) in [4.78, 5) is 21.1. The maximum absolute atomic E-state index is 11.0. The van der Waals surface area contributed by atoms with Gasteiger partial charge in [-0.05, 0) is 10.8 Å². The fourth-order valence-corrected chi connectivity index (χ4v) is 1.45.